The zero-order valence-electron chi connectivity index (χ0n) is 8.39. The molecule has 0 fully saturated rings. The molecule has 16 heavy (non-hydrogen) atoms. The van der Waals surface area contributed by atoms with Gasteiger partial charge in [0.1, 0.15) is 6.54 Å². The molecule has 0 rings (SSSR count). The lowest BCUT2D eigenvalue weighted by molar-refractivity contribution is -0.122. The van der Waals surface area contributed by atoms with Crippen molar-refractivity contribution in [3.8, 4) is 0 Å². The maximum atomic E-state index is 11.6. The molecule has 0 spiro atoms. The highest BCUT2D eigenvalue weighted by Gasteiger charge is 2.27. The van der Waals surface area contributed by atoms with Crippen molar-refractivity contribution in [2.24, 2.45) is 0 Å². The zero-order valence-corrected chi connectivity index (χ0v) is 9.20. The molecule has 0 aliphatic heterocycles. The molecular formula is C6H12F3N3O3S. The second-order valence-electron chi connectivity index (χ2n) is 2.89. The molecule has 2 amide bonds. The highest BCUT2D eigenvalue weighted by Crippen LogP contribution is 2.11. The number of hydrogen-bond acceptors (Lipinski definition) is 3. The number of carbonyl (C=O) groups excluding carboxylic acids is 1. The van der Waals surface area contributed by atoms with Crippen LogP contribution in [-0.2, 0) is 10.0 Å². The van der Waals surface area contributed by atoms with Gasteiger partial charge in [-0.25, -0.2) is 17.9 Å². The Balaban J connectivity index is 3.60. The van der Waals surface area contributed by atoms with Crippen molar-refractivity contribution in [1.82, 2.24) is 15.4 Å². The van der Waals surface area contributed by atoms with Gasteiger partial charge in [-0.2, -0.15) is 13.2 Å². The molecule has 96 valence electrons. The first-order valence-electron chi connectivity index (χ1n) is 4.13. The lowest BCUT2D eigenvalue weighted by atomic mass is 10.6. The van der Waals surface area contributed by atoms with Crippen molar-refractivity contribution in [2.75, 3.05) is 25.9 Å². The smallest absolute Gasteiger partial charge is 0.337 e. The molecule has 0 aromatic heterocycles. The van der Waals surface area contributed by atoms with Gasteiger partial charge in [-0.05, 0) is 0 Å². The van der Waals surface area contributed by atoms with E-state index in [9.17, 15) is 26.4 Å². The minimum atomic E-state index is -4.47. The fraction of sp³-hybridized carbons (Fsp3) is 0.833. The minimum Gasteiger partial charge on any atom is -0.337 e. The van der Waals surface area contributed by atoms with E-state index in [2.05, 4.69) is 10.0 Å². The Morgan fingerprint density at radius 2 is 1.75 bits per heavy atom. The van der Waals surface area contributed by atoms with Gasteiger partial charge < -0.3 is 10.6 Å². The predicted molar refractivity (Wildman–Crippen MR) is 50.3 cm³/mol. The molecule has 0 saturated heterocycles. The van der Waals surface area contributed by atoms with Crippen LogP contribution in [0.25, 0.3) is 0 Å². The molecule has 6 nitrogen and oxygen atoms in total. The van der Waals surface area contributed by atoms with Crippen LogP contribution in [0.1, 0.15) is 0 Å². The number of sulfonamides is 1. The van der Waals surface area contributed by atoms with E-state index in [1.54, 1.807) is 5.32 Å². The molecule has 0 aliphatic rings. The van der Waals surface area contributed by atoms with Crippen molar-refractivity contribution >= 4 is 16.1 Å². The van der Waals surface area contributed by atoms with Crippen molar-refractivity contribution in [1.29, 1.82) is 0 Å². The fourth-order valence-corrected chi connectivity index (χ4v) is 1.13. The summed E-state index contributed by atoms with van der Waals surface area (Å²) in [4.78, 5) is 10.7. The van der Waals surface area contributed by atoms with Crippen LogP contribution < -0.4 is 15.4 Å². The molecule has 0 saturated carbocycles. The molecule has 0 radical (unpaired) electrons. The van der Waals surface area contributed by atoms with E-state index in [-0.39, 0.29) is 13.1 Å². The second-order valence-corrected chi connectivity index (χ2v) is 4.72. The van der Waals surface area contributed by atoms with Gasteiger partial charge in [0.15, 0.2) is 0 Å². The summed E-state index contributed by atoms with van der Waals surface area (Å²) in [7, 11) is -3.36. The van der Waals surface area contributed by atoms with E-state index in [1.165, 1.54) is 0 Å². The number of carbonyl (C=O) groups is 1. The van der Waals surface area contributed by atoms with Crippen LogP contribution in [-0.4, -0.2) is 46.5 Å². The maximum absolute atomic E-state index is 11.6. The van der Waals surface area contributed by atoms with Gasteiger partial charge in [0.05, 0.1) is 6.26 Å². The van der Waals surface area contributed by atoms with Crippen molar-refractivity contribution < 1.29 is 26.4 Å². The monoisotopic (exact) mass is 263 g/mol. The van der Waals surface area contributed by atoms with E-state index in [4.69, 9.17) is 0 Å². The van der Waals surface area contributed by atoms with Gasteiger partial charge >= 0.3 is 12.2 Å². The lowest BCUT2D eigenvalue weighted by Crippen LogP contribution is -2.43. The number of alkyl halides is 3. The van der Waals surface area contributed by atoms with Gasteiger partial charge in [-0.3, -0.25) is 0 Å². The van der Waals surface area contributed by atoms with E-state index in [1.807, 2.05) is 0 Å². The summed E-state index contributed by atoms with van der Waals surface area (Å²) in [5.74, 6) is 0. The first kappa shape index (κ1) is 15.0. The summed E-state index contributed by atoms with van der Waals surface area (Å²) in [6.45, 7) is -1.62. The molecule has 0 aliphatic carbocycles. The molecule has 0 heterocycles. The number of amides is 2. The fourth-order valence-electron chi connectivity index (χ4n) is 0.655. The average molecular weight is 263 g/mol. The molecule has 0 aromatic rings. The van der Waals surface area contributed by atoms with Crippen LogP contribution >= 0.6 is 0 Å². The van der Waals surface area contributed by atoms with Gasteiger partial charge in [0.2, 0.25) is 10.0 Å². The molecule has 0 aromatic carbocycles. The Labute approximate surface area is 90.6 Å². The van der Waals surface area contributed by atoms with Crippen LogP contribution in [0.15, 0.2) is 0 Å². The Morgan fingerprint density at radius 3 is 2.19 bits per heavy atom. The zero-order chi connectivity index (χ0) is 12.8. The Morgan fingerprint density at radius 1 is 1.19 bits per heavy atom. The van der Waals surface area contributed by atoms with Crippen molar-refractivity contribution in [3.05, 3.63) is 0 Å². The first-order chi connectivity index (χ1) is 7.10. The van der Waals surface area contributed by atoms with Crippen molar-refractivity contribution in [3.63, 3.8) is 0 Å². The summed E-state index contributed by atoms with van der Waals surface area (Å²) in [5, 5.41) is 3.62. The molecule has 3 N–H and O–H groups in total. The van der Waals surface area contributed by atoms with E-state index < -0.39 is 28.8 Å². The number of halogens is 3. The molecule has 0 atom stereocenters. The average Bonchev–Trinajstić information content (AvgIpc) is 2.06. The number of urea groups is 1. The van der Waals surface area contributed by atoms with Crippen LogP contribution in [0.3, 0.4) is 0 Å². The minimum absolute atomic E-state index is 0.0850. The van der Waals surface area contributed by atoms with Crippen LogP contribution in [0.4, 0.5) is 18.0 Å². The topological polar surface area (TPSA) is 87.3 Å². The van der Waals surface area contributed by atoms with Crippen LogP contribution in [0.5, 0.6) is 0 Å². The summed E-state index contributed by atoms with van der Waals surface area (Å²) >= 11 is 0. The highest BCUT2D eigenvalue weighted by atomic mass is 32.2. The highest BCUT2D eigenvalue weighted by molar-refractivity contribution is 7.88. The van der Waals surface area contributed by atoms with E-state index in [0.29, 0.717) is 0 Å². The summed E-state index contributed by atoms with van der Waals surface area (Å²) in [5.41, 5.74) is 0. The van der Waals surface area contributed by atoms with Crippen molar-refractivity contribution in [2.45, 2.75) is 6.18 Å². The summed E-state index contributed by atoms with van der Waals surface area (Å²) in [6, 6.07) is -1.01. The van der Waals surface area contributed by atoms with E-state index >= 15 is 0 Å². The molecule has 0 bridgehead atoms. The maximum Gasteiger partial charge on any atom is 0.405 e. The van der Waals surface area contributed by atoms with Gasteiger partial charge in [0, 0.05) is 13.1 Å². The van der Waals surface area contributed by atoms with Gasteiger partial charge in [0.25, 0.3) is 0 Å². The Hall–Kier alpha value is -1.03. The third kappa shape index (κ3) is 11.0. The lowest BCUT2D eigenvalue weighted by Gasteiger charge is -2.09. The first-order valence-corrected chi connectivity index (χ1v) is 6.02. The normalized spacial score (nSPS) is 12.2. The largest absolute Gasteiger partial charge is 0.405 e. The molecular weight excluding hydrogens is 251 g/mol. The third-order valence-corrected chi connectivity index (χ3v) is 1.95. The molecule has 10 heteroatoms. The van der Waals surface area contributed by atoms with Crippen LogP contribution in [0, 0.1) is 0 Å². The Bertz CT molecular complexity index is 328. The summed E-state index contributed by atoms with van der Waals surface area (Å²) in [6.07, 6.45) is -3.54. The quantitative estimate of drug-likeness (QED) is 0.579. The predicted octanol–water partition coefficient (Wildman–Crippen LogP) is -0.603. The van der Waals surface area contributed by atoms with Crippen LogP contribution in [0.2, 0.25) is 0 Å². The van der Waals surface area contributed by atoms with Gasteiger partial charge in [-0.1, -0.05) is 0 Å². The van der Waals surface area contributed by atoms with E-state index in [0.717, 1.165) is 6.26 Å². The SMILES string of the molecule is CS(=O)(=O)NCCNC(=O)NCC(F)(F)F. The van der Waals surface area contributed by atoms with Gasteiger partial charge in [-0.15, -0.1) is 0 Å². The number of nitrogens with one attached hydrogen (secondary N) is 3. The third-order valence-electron chi connectivity index (χ3n) is 1.22. The number of hydrogen-bond donors (Lipinski definition) is 3. The summed E-state index contributed by atoms with van der Waals surface area (Å²) < 4.78 is 58.0. The number of rotatable bonds is 5. The Kier molecular flexibility index (Phi) is 5.51. The second kappa shape index (κ2) is 5.89. The molecule has 0 unspecified atom stereocenters. The standard InChI is InChI=1S/C6H12F3N3O3S/c1-16(14,15)12-3-2-10-5(13)11-4-6(7,8)9/h12H,2-4H2,1H3,(H2,10,11,13).